The quantitative estimate of drug-likeness (QED) is 0.919. The van der Waals surface area contributed by atoms with Gasteiger partial charge >= 0.3 is 0 Å². The zero-order valence-corrected chi connectivity index (χ0v) is 13.6. The van der Waals surface area contributed by atoms with Crippen LogP contribution in [0.15, 0.2) is 30.9 Å². The van der Waals surface area contributed by atoms with Gasteiger partial charge in [0.05, 0.1) is 5.69 Å². The smallest absolute Gasteiger partial charge is 0.138 e. The molecular weight excluding hydrogens is 298 g/mol. The summed E-state index contributed by atoms with van der Waals surface area (Å²) in [6.07, 6.45) is 5.78. The van der Waals surface area contributed by atoms with Gasteiger partial charge in [-0.05, 0) is 63.1 Å². The molecule has 3 rings (SSSR count). The van der Waals surface area contributed by atoms with E-state index in [1.54, 1.807) is 17.3 Å². The molecule has 6 heteroatoms. The molecule has 1 fully saturated rings. The summed E-state index contributed by atoms with van der Waals surface area (Å²) in [4.78, 5) is 6.54. The number of rotatable bonds is 5. The Morgan fingerprint density at radius 1 is 1.32 bits per heavy atom. The number of benzene rings is 1. The molecule has 1 N–H and O–H groups in total. The largest absolute Gasteiger partial charge is 0.319 e. The molecule has 2 heterocycles. The van der Waals surface area contributed by atoms with Gasteiger partial charge in [-0.1, -0.05) is 17.7 Å². The van der Waals surface area contributed by atoms with E-state index in [0.29, 0.717) is 0 Å². The summed E-state index contributed by atoms with van der Waals surface area (Å²) in [6.45, 7) is 4.34. The number of likely N-dealkylation sites (tertiary alicyclic amines) is 1. The van der Waals surface area contributed by atoms with Crippen molar-refractivity contribution >= 4 is 11.6 Å². The number of aromatic nitrogens is 3. The van der Waals surface area contributed by atoms with Crippen LogP contribution in [0.25, 0.3) is 5.69 Å². The lowest BCUT2D eigenvalue weighted by molar-refractivity contribution is 0.176. The molecular formula is C16H22ClN5. The van der Waals surface area contributed by atoms with Gasteiger partial charge in [-0.2, -0.15) is 5.10 Å². The minimum absolute atomic E-state index is 0.724. The van der Waals surface area contributed by atoms with Gasteiger partial charge < -0.3 is 5.32 Å². The second-order valence-corrected chi connectivity index (χ2v) is 6.33. The Labute approximate surface area is 136 Å². The number of halogens is 1. The molecule has 1 aromatic heterocycles. The first-order chi connectivity index (χ1) is 10.8. The minimum Gasteiger partial charge on any atom is -0.319 e. The Morgan fingerprint density at radius 3 is 2.82 bits per heavy atom. The van der Waals surface area contributed by atoms with Crippen LogP contribution in [0.3, 0.4) is 0 Å². The molecule has 1 aliphatic rings. The fourth-order valence-corrected chi connectivity index (χ4v) is 3.26. The van der Waals surface area contributed by atoms with Crippen molar-refractivity contribution in [3.05, 3.63) is 41.4 Å². The molecule has 1 aliphatic heterocycles. The standard InChI is InChI=1S/C16H22ClN5/c1-18-9-13-4-6-21(7-5-13)10-14-2-3-15(17)8-16(14)22-12-19-11-20-22/h2-3,8,11-13,18H,4-7,9-10H2,1H3. The Hall–Kier alpha value is -1.43. The first kappa shape index (κ1) is 15.5. The second kappa shape index (κ2) is 7.22. The van der Waals surface area contributed by atoms with Gasteiger partial charge in [0.25, 0.3) is 0 Å². The van der Waals surface area contributed by atoms with Crippen LogP contribution in [0, 0.1) is 5.92 Å². The van der Waals surface area contributed by atoms with Crippen molar-refractivity contribution in [1.29, 1.82) is 0 Å². The van der Waals surface area contributed by atoms with Crippen LogP contribution in [0.1, 0.15) is 18.4 Å². The molecule has 0 bridgehead atoms. The predicted molar refractivity (Wildman–Crippen MR) is 88.3 cm³/mol. The summed E-state index contributed by atoms with van der Waals surface area (Å²) < 4.78 is 1.79. The van der Waals surface area contributed by atoms with Crippen LogP contribution in [-0.2, 0) is 6.54 Å². The third-order valence-corrected chi connectivity index (χ3v) is 4.54. The number of hydrogen-bond donors (Lipinski definition) is 1. The zero-order valence-electron chi connectivity index (χ0n) is 12.9. The fraction of sp³-hybridized carbons (Fsp3) is 0.500. The maximum absolute atomic E-state index is 6.15. The number of piperidine rings is 1. The van der Waals surface area contributed by atoms with E-state index in [1.165, 1.54) is 18.4 Å². The van der Waals surface area contributed by atoms with E-state index in [4.69, 9.17) is 11.6 Å². The van der Waals surface area contributed by atoms with Crippen molar-refractivity contribution in [2.24, 2.45) is 5.92 Å². The van der Waals surface area contributed by atoms with E-state index in [9.17, 15) is 0 Å². The highest BCUT2D eigenvalue weighted by Crippen LogP contribution is 2.23. The molecule has 0 aliphatic carbocycles. The fourth-order valence-electron chi connectivity index (χ4n) is 3.09. The molecule has 0 radical (unpaired) electrons. The molecule has 22 heavy (non-hydrogen) atoms. The topological polar surface area (TPSA) is 46.0 Å². The van der Waals surface area contributed by atoms with Gasteiger partial charge in [0, 0.05) is 11.6 Å². The number of hydrogen-bond acceptors (Lipinski definition) is 4. The van der Waals surface area contributed by atoms with Gasteiger partial charge in [0.2, 0.25) is 0 Å². The van der Waals surface area contributed by atoms with Crippen molar-refractivity contribution in [1.82, 2.24) is 25.0 Å². The summed E-state index contributed by atoms with van der Waals surface area (Å²) >= 11 is 6.15. The SMILES string of the molecule is CNCC1CCN(Cc2ccc(Cl)cc2-n2cncn2)CC1. The lowest BCUT2D eigenvalue weighted by atomic mass is 9.96. The van der Waals surface area contributed by atoms with Crippen molar-refractivity contribution < 1.29 is 0 Å². The van der Waals surface area contributed by atoms with Crippen molar-refractivity contribution in [3.8, 4) is 5.69 Å². The molecule has 0 unspecified atom stereocenters. The Balaban J connectivity index is 1.71. The molecule has 118 valence electrons. The Bertz CT molecular complexity index is 591. The molecule has 0 amide bonds. The first-order valence-corrected chi connectivity index (χ1v) is 8.14. The minimum atomic E-state index is 0.724. The summed E-state index contributed by atoms with van der Waals surface area (Å²) in [5, 5.41) is 8.25. The van der Waals surface area contributed by atoms with Gasteiger partial charge in [-0.15, -0.1) is 0 Å². The lowest BCUT2D eigenvalue weighted by Crippen LogP contribution is -2.36. The highest BCUT2D eigenvalue weighted by atomic mass is 35.5. The third kappa shape index (κ3) is 3.66. The monoisotopic (exact) mass is 319 g/mol. The maximum atomic E-state index is 6.15. The van der Waals surface area contributed by atoms with E-state index < -0.39 is 0 Å². The first-order valence-electron chi connectivity index (χ1n) is 7.76. The van der Waals surface area contributed by atoms with Crippen LogP contribution in [0.2, 0.25) is 5.02 Å². The normalized spacial score (nSPS) is 17.0. The van der Waals surface area contributed by atoms with E-state index in [0.717, 1.165) is 42.8 Å². The average molecular weight is 320 g/mol. The molecule has 1 saturated heterocycles. The second-order valence-electron chi connectivity index (χ2n) is 5.89. The highest BCUT2D eigenvalue weighted by molar-refractivity contribution is 6.30. The molecule has 1 aromatic carbocycles. The van der Waals surface area contributed by atoms with Crippen molar-refractivity contribution in [3.63, 3.8) is 0 Å². The van der Waals surface area contributed by atoms with Crippen LogP contribution >= 0.6 is 11.6 Å². The van der Waals surface area contributed by atoms with Gasteiger partial charge in [-0.3, -0.25) is 4.90 Å². The summed E-state index contributed by atoms with van der Waals surface area (Å²) in [5.74, 6) is 0.807. The van der Waals surface area contributed by atoms with Crippen molar-refractivity contribution in [2.75, 3.05) is 26.7 Å². The number of nitrogens with zero attached hydrogens (tertiary/aromatic N) is 4. The predicted octanol–water partition coefficient (Wildman–Crippen LogP) is 2.35. The third-order valence-electron chi connectivity index (χ3n) is 4.31. The van der Waals surface area contributed by atoms with Gasteiger partial charge in [0.15, 0.2) is 0 Å². The Morgan fingerprint density at radius 2 is 2.14 bits per heavy atom. The molecule has 5 nitrogen and oxygen atoms in total. The van der Waals surface area contributed by atoms with E-state index in [2.05, 4.69) is 26.4 Å². The van der Waals surface area contributed by atoms with E-state index >= 15 is 0 Å². The molecule has 2 aromatic rings. The highest BCUT2D eigenvalue weighted by Gasteiger charge is 2.19. The van der Waals surface area contributed by atoms with E-state index in [1.807, 2.05) is 19.2 Å². The lowest BCUT2D eigenvalue weighted by Gasteiger charge is -2.32. The summed E-state index contributed by atoms with van der Waals surface area (Å²) in [5.41, 5.74) is 2.25. The molecule has 0 saturated carbocycles. The van der Waals surface area contributed by atoms with Gasteiger partial charge in [-0.25, -0.2) is 9.67 Å². The maximum Gasteiger partial charge on any atom is 0.138 e. The van der Waals surface area contributed by atoms with Crippen LogP contribution in [0.5, 0.6) is 0 Å². The van der Waals surface area contributed by atoms with Crippen molar-refractivity contribution in [2.45, 2.75) is 19.4 Å². The van der Waals surface area contributed by atoms with E-state index in [-0.39, 0.29) is 0 Å². The van der Waals surface area contributed by atoms with Crippen LogP contribution in [0.4, 0.5) is 0 Å². The summed E-state index contributed by atoms with van der Waals surface area (Å²) in [6, 6.07) is 6.00. The van der Waals surface area contributed by atoms with Gasteiger partial charge in [0.1, 0.15) is 12.7 Å². The molecule has 0 atom stereocenters. The summed E-state index contributed by atoms with van der Waals surface area (Å²) in [7, 11) is 2.03. The zero-order chi connectivity index (χ0) is 15.4. The average Bonchev–Trinajstić information content (AvgIpc) is 3.05. The molecule has 0 spiro atoms. The van der Waals surface area contributed by atoms with Crippen LogP contribution in [-0.4, -0.2) is 46.3 Å². The number of nitrogens with one attached hydrogen (secondary N) is 1. The van der Waals surface area contributed by atoms with Crippen LogP contribution < -0.4 is 5.32 Å². The Kier molecular flexibility index (Phi) is 5.08.